The minimum atomic E-state index is -0.876. The number of hydrogen-bond donors (Lipinski definition) is 1. The third-order valence-electron chi connectivity index (χ3n) is 2.61. The molecule has 0 aliphatic rings. The molecule has 0 amide bonds. The van der Waals surface area contributed by atoms with Crippen molar-refractivity contribution in [2.24, 2.45) is 7.05 Å². The van der Waals surface area contributed by atoms with E-state index in [2.05, 4.69) is 10.1 Å². The summed E-state index contributed by atoms with van der Waals surface area (Å²) in [5.41, 5.74) is 3.12. The summed E-state index contributed by atoms with van der Waals surface area (Å²) in [7, 11) is 1.79. The van der Waals surface area contributed by atoms with Gasteiger partial charge in [-0.15, -0.1) is 0 Å². The third kappa shape index (κ3) is 2.18. The fourth-order valence-electron chi connectivity index (χ4n) is 1.86. The number of aromatic nitrogens is 3. The Balaban J connectivity index is 2.49. The van der Waals surface area contributed by atoms with Crippen molar-refractivity contribution in [2.45, 2.75) is 13.3 Å². The lowest BCUT2D eigenvalue weighted by Gasteiger charge is -2.01. The van der Waals surface area contributed by atoms with E-state index in [1.165, 1.54) is 0 Å². The number of carboxylic acid groups (broad SMARTS) is 1. The van der Waals surface area contributed by atoms with Crippen molar-refractivity contribution in [1.82, 2.24) is 14.8 Å². The van der Waals surface area contributed by atoms with Crippen LogP contribution in [0, 0.1) is 6.92 Å². The maximum atomic E-state index is 10.7. The molecule has 0 aliphatic carbocycles. The van der Waals surface area contributed by atoms with Crippen LogP contribution in [0.5, 0.6) is 0 Å². The van der Waals surface area contributed by atoms with Gasteiger partial charge in [-0.25, -0.2) is 0 Å². The van der Waals surface area contributed by atoms with E-state index in [9.17, 15) is 4.79 Å². The second kappa shape index (κ2) is 4.37. The molecular formula is C12H13N3O2. The Hall–Kier alpha value is -2.17. The van der Waals surface area contributed by atoms with Gasteiger partial charge in [-0.05, 0) is 19.1 Å². The average molecular weight is 231 g/mol. The monoisotopic (exact) mass is 231 g/mol. The molecule has 2 heterocycles. The van der Waals surface area contributed by atoms with Gasteiger partial charge in [-0.2, -0.15) is 5.10 Å². The van der Waals surface area contributed by atoms with Crippen molar-refractivity contribution in [3.8, 4) is 11.4 Å². The fraction of sp³-hybridized carbons (Fsp3) is 0.250. The first-order valence-corrected chi connectivity index (χ1v) is 5.25. The second-order valence-corrected chi connectivity index (χ2v) is 3.83. The highest BCUT2D eigenvalue weighted by Gasteiger charge is 2.16. The molecule has 2 aromatic heterocycles. The van der Waals surface area contributed by atoms with Gasteiger partial charge in [0.25, 0.3) is 0 Å². The lowest BCUT2D eigenvalue weighted by Crippen LogP contribution is -2.02. The van der Waals surface area contributed by atoms with Crippen LogP contribution in [0.1, 0.15) is 11.3 Å². The van der Waals surface area contributed by atoms with E-state index in [0.717, 1.165) is 17.0 Å². The van der Waals surface area contributed by atoms with Crippen molar-refractivity contribution < 1.29 is 9.90 Å². The van der Waals surface area contributed by atoms with E-state index in [1.54, 1.807) is 17.9 Å². The first-order chi connectivity index (χ1) is 8.09. The molecule has 0 bridgehead atoms. The minimum Gasteiger partial charge on any atom is -0.481 e. The van der Waals surface area contributed by atoms with Crippen LogP contribution in [0.15, 0.2) is 24.4 Å². The second-order valence-electron chi connectivity index (χ2n) is 3.83. The Morgan fingerprint density at radius 3 is 2.82 bits per heavy atom. The summed E-state index contributed by atoms with van der Waals surface area (Å²) in [6.07, 6.45) is 1.64. The van der Waals surface area contributed by atoms with E-state index in [0.29, 0.717) is 5.69 Å². The Morgan fingerprint density at radius 1 is 1.47 bits per heavy atom. The molecule has 0 saturated heterocycles. The number of rotatable bonds is 3. The quantitative estimate of drug-likeness (QED) is 0.867. The largest absolute Gasteiger partial charge is 0.481 e. The van der Waals surface area contributed by atoms with Crippen LogP contribution in [0.4, 0.5) is 0 Å². The predicted octanol–water partition coefficient (Wildman–Crippen LogP) is 1.42. The van der Waals surface area contributed by atoms with Crippen molar-refractivity contribution in [1.29, 1.82) is 0 Å². The summed E-state index contributed by atoms with van der Waals surface area (Å²) >= 11 is 0. The SMILES string of the molecule is Cc1c(CC(=O)O)nn(C)c1-c1ccccn1. The van der Waals surface area contributed by atoms with Crippen LogP contribution >= 0.6 is 0 Å². The molecule has 0 spiro atoms. The number of aliphatic carboxylic acids is 1. The van der Waals surface area contributed by atoms with Gasteiger partial charge in [0.05, 0.1) is 23.5 Å². The van der Waals surface area contributed by atoms with E-state index < -0.39 is 5.97 Å². The predicted molar refractivity (Wildman–Crippen MR) is 62.5 cm³/mol. The molecule has 0 fully saturated rings. The molecule has 0 aromatic carbocycles. The summed E-state index contributed by atoms with van der Waals surface area (Å²) in [6, 6.07) is 5.62. The van der Waals surface area contributed by atoms with Crippen LogP contribution in [0.3, 0.4) is 0 Å². The highest BCUT2D eigenvalue weighted by molar-refractivity contribution is 5.71. The lowest BCUT2D eigenvalue weighted by atomic mass is 10.1. The Labute approximate surface area is 98.7 Å². The number of carboxylic acids is 1. The molecule has 0 aliphatic heterocycles. The smallest absolute Gasteiger partial charge is 0.309 e. The molecule has 2 aromatic rings. The van der Waals surface area contributed by atoms with E-state index in [4.69, 9.17) is 5.11 Å². The van der Waals surface area contributed by atoms with Gasteiger partial charge in [0.1, 0.15) is 0 Å². The summed E-state index contributed by atoms with van der Waals surface area (Å²) in [6.45, 7) is 1.87. The Kier molecular flexibility index (Phi) is 2.91. The summed E-state index contributed by atoms with van der Waals surface area (Å²) in [4.78, 5) is 15.0. The van der Waals surface area contributed by atoms with E-state index in [-0.39, 0.29) is 6.42 Å². The maximum Gasteiger partial charge on any atom is 0.309 e. The van der Waals surface area contributed by atoms with Crippen LogP contribution in [-0.4, -0.2) is 25.8 Å². The molecular weight excluding hydrogens is 218 g/mol. The van der Waals surface area contributed by atoms with Crippen molar-refractivity contribution >= 4 is 5.97 Å². The van der Waals surface area contributed by atoms with Gasteiger partial charge in [0.2, 0.25) is 0 Å². The zero-order valence-corrected chi connectivity index (χ0v) is 9.71. The van der Waals surface area contributed by atoms with Gasteiger partial charge >= 0.3 is 5.97 Å². The average Bonchev–Trinajstić information content (AvgIpc) is 2.54. The summed E-state index contributed by atoms with van der Waals surface area (Å²) < 4.78 is 1.68. The number of hydrogen-bond acceptors (Lipinski definition) is 3. The zero-order chi connectivity index (χ0) is 12.4. The van der Waals surface area contributed by atoms with Crippen LogP contribution in [-0.2, 0) is 18.3 Å². The molecule has 0 atom stereocenters. The lowest BCUT2D eigenvalue weighted by molar-refractivity contribution is -0.136. The number of aryl methyl sites for hydroxylation is 1. The Morgan fingerprint density at radius 2 is 2.24 bits per heavy atom. The van der Waals surface area contributed by atoms with Crippen LogP contribution < -0.4 is 0 Å². The molecule has 5 nitrogen and oxygen atoms in total. The first kappa shape index (κ1) is 11.3. The number of pyridine rings is 1. The van der Waals surface area contributed by atoms with Gasteiger partial charge in [-0.3, -0.25) is 14.5 Å². The van der Waals surface area contributed by atoms with Gasteiger partial charge < -0.3 is 5.11 Å². The van der Waals surface area contributed by atoms with Gasteiger partial charge in [0.15, 0.2) is 0 Å². The molecule has 0 saturated carbocycles. The minimum absolute atomic E-state index is 0.0630. The highest BCUT2D eigenvalue weighted by atomic mass is 16.4. The van der Waals surface area contributed by atoms with Crippen LogP contribution in [0.2, 0.25) is 0 Å². The third-order valence-corrected chi connectivity index (χ3v) is 2.61. The summed E-state index contributed by atoms with van der Waals surface area (Å²) in [5, 5.41) is 13.0. The Bertz CT molecular complexity index is 546. The maximum absolute atomic E-state index is 10.7. The fourth-order valence-corrected chi connectivity index (χ4v) is 1.86. The molecule has 0 radical (unpaired) electrons. The van der Waals surface area contributed by atoms with Gasteiger partial charge in [0, 0.05) is 18.8 Å². The first-order valence-electron chi connectivity index (χ1n) is 5.25. The highest BCUT2D eigenvalue weighted by Crippen LogP contribution is 2.23. The van der Waals surface area contributed by atoms with Crippen molar-refractivity contribution in [3.05, 3.63) is 35.7 Å². The topological polar surface area (TPSA) is 68.0 Å². The standard InChI is InChI=1S/C12H13N3O2/c1-8-10(7-11(16)17)14-15(2)12(8)9-5-3-4-6-13-9/h3-6H,7H2,1-2H3,(H,16,17). The number of carbonyl (C=O) groups is 1. The molecule has 5 heteroatoms. The molecule has 1 N–H and O–H groups in total. The zero-order valence-electron chi connectivity index (χ0n) is 9.71. The van der Waals surface area contributed by atoms with Crippen molar-refractivity contribution in [2.75, 3.05) is 0 Å². The van der Waals surface area contributed by atoms with Gasteiger partial charge in [-0.1, -0.05) is 6.07 Å². The van der Waals surface area contributed by atoms with Crippen molar-refractivity contribution in [3.63, 3.8) is 0 Å². The summed E-state index contributed by atoms with van der Waals surface area (Å²) in [5.74, 6) is -0.876. The van der Waals surface area contributed by atoms with E-state index in [1.807, 2.05) is 25.1 Å². The normalized spacial score (nSPS) is 10.5. The molecule has 88 valence electrons. The molecule has 17 heavy (non-hydrogen) atoms. The number of nitrogens with zero attached hydrogens (tertiary/aromatic N) is 3. The molecule has 2 rings (SSSR count). The van der Waals surface area contributed by atoms with E-state index >= 15 is 0 Å². The van der Waals surface area contributed by atoms with Crippen LogP contribution in [0.25, 0.3) is 11.4 Å². The molecule has 0 unspecified atom stereocenters.